The van der Waals surface area contributed by atoms with Crippen molar-refractivity contribution in [2.24, 2.45) is 0 Å². The number of rotatable bonds is 2. The normalized spacial score (nSPS) is 11.3. The Labute approximate surface area is 88.7 Å². The quantitative estimate of drug-likeness (QED) is 0.808. The van der Waals surface area contributed by atoms with Crippen LogP contribution in [0.2, 0.25) is 0 Å². The number of nitrogen functional groups attached to an aromatic ring is 1. The number of allylic oxidation sites excluding steroid dienone is 1. The van der Waals surface area contributed by atoms with E-state index >= 15 is 0 Å². The van der Waals surface area contributed by atoms with Crippen LogP contribution in [0.15, 0.2) is 30.3 Å². The molecule has 3 heteroatoms. The highest BCUT2D eigenvalue weighted by Gasteiger charge is 2.01. The maximum Gasteiger partial charge on any atom is 0.154 e. The molecule has 1 aromatic heterocycles. The average Bonchev–Trinajstić information content (AvgIpc) is 2.26. The second-order valence-corrected chi connectivity index (χ2v) is 3.29. The van der Waals surface area contributed by atoms with Crippen LogP contribution in [-0.4, -0.2) is 9.97 Å². The maximum absolute atomic E-state index is 5.84. The summed E-state index contributed by atoms with van der Waals surface area (Å²) in [4.78, 5) is 8.61. The lowest BCUT2D eigenvalue weighted by Crippen LogP contribution is -1.97. The molecule has 76 valence electrons. The largest absolute Gasteiger partial charge is 0.383 e. The standard InChI is InChI=1S/C12H13N3/c1-2-3-8-11-14-10-7-5-4-6-9(10)12(13)15-11/h3-8H,2H2,1H3,(H2,13,14,15)/b8-3+. The Hall–Kier alpha value is -1.90. The zero-order valence-corrected chi connectivity index (χ0v) is 8.64. The van der Waals surface area contributed by atoms with Crippen molar-refractivity contribution in [1.29, 1.82) is 0 Å². The van der Waals surface area contributed by atoms with E-state index < -0.39 is 0 Å². The van der Waals surface area contributed by atoms with Crippen molar-refractivity contribution in [2.75, 3.05) is 5.73 Å². The van der Waals surface area contributed by atoms with Crippen molar-refractivity contribution in [3.8, 4) is 0 Å². The summed E-state index contributed by atoms with van der Waals surface area (Å²) in [5.41, 5.74) is 6.73. The number of nitrogens with zero attached hydrogens (tertiary/aromatic N) is 2. The highest BCUT2D eigenvalue weighted by molar-refractivity contribution is 5.88. The highest BCUT2D eigenvalue weighted by Crippen LogP contribution is 2.17. The summed E-state index contributed by atoms with van der Waals surface area (Å²) < 4.78 is 0. The second kappa shape index (κ2) is 4.09. The summed E-state index contributed by atoms with van der Waals surface area (Å²) in [5.74, 6) is 1.21. The molecule has 1 aromatic carbocycles. The molecule has 0 spiro atoms. The Bertz CT molecular complexity index is 503. The van der Waals surface area contributed by atoms with E-state index in [1.165, 1.54) is 0 Å². The second-order valence-electron chi connectivity index (χ2n) is 3.29. The fourth-order valence-electron chi connectivity index (χ4n) is 1.42. The van der Waals surface area contributed by atoms with Gasteiger partial charge in [-0.1, -0.05) is 25.1 Å². The number of hydrogen-bond acceptors (Lipinski definition) is 3. The summed E-state index contributed by atoms with van der Waals surface area (Å²) in [7, 11) is 0. The summed E-state index contributed by atoms with van der Waals surface area (Å²) >= 11 is 0. The minimum absolute atomic E-state index is 0.538. The van der Waals surface area contributed by atoms with Gasteiger partial charge in [0.2, 0.25) is 0 Å². The van der Waals surface area contributed by atoms with Gasteiger partial charge in [-0.15, -0.1) is 0 Å². The van der Waals surface area contributed by atoms with Crippen LogP contribution in [0, 0.1) is 0 Å². The predicted molar refractivity (Wildman–Crippen MR) is 63.3 cm³/mol. The van der Waals surface area contributed by atoms with Crippen molar-refractivity contribution in [1.82, 2.24) is 9.97 Å². The minimum atomic E-state index is 0.538. The van der Waals surface area contributed by atoms with Crippen LogP contribution < -0.4 is 5.73 Å². The summed E-state index contributed by atoms with van der Waals surface area (Å²) in [6.45, 7) is 2.07. The van der Waals surface area contributed by atoms with E-state index in [1.807, 2.05) is 36.4 Å². The van der Waals surface area contributed by atoms with Gasteiger partial charge >= 0.3 is 0 Å². The van der Waals surface area contributed by atoms with Crippen molar-refractivity contribution >= 4 is 22.8 Å². The molecule has 0 fully saturated rings. The lowest BCUT2D eigenvalue weighted by molar-refractivity contribution is 1.17. The zero-order valence-electron chi connectivity index (χ0n) is 8.64. The molecule has 0 aliphatic heterocycles. The molecule has 15 heavy (non-hydrogen) atoms. The fraction of sp³-hybridized carbons (Fsp3) is 0.167. The third-order valence-electron chi connectivity index (χ3n) is 2.15. The van der Waals surface area contributed by atoms with Gasteiger partial charge in [-0.05, 0) is 24.6 Å². The molecule has 3 nitrogen and oxygen atoms in total. The van der Waals surface area contributed by atoms with Crippen molar-refractivity contribution in [2.45, 2.75) is 13.3 Å². The Kier molecular flexibility index (Phi) is 2.63. The monoisotopic (exact) mass is 199 g/mol. The number of aromatic nitrogens is 2. The minimum Gasteiger partial charge on any atom is -0.383 e. The average molecular weight is 199 g/mol. The summed E-state index contributed by atoms with van der Waals surface area (Å²) in [5, 5.41) is 0.908. The number of nitrogens with two attached hydrogens (primary N) is 1. The third-order valence-corrected chi connectivity index (χ3v) is 2.15. The van der Waals surface area contributed by atoms with Gasteiger partial charge in [-0.3, -0.25) is 0 Å². The highest BCUT2D eigenvalue weighted by atomic mass is 14.9. The molecule has 0 aliphatic rings. The molecule has 0 atom stereocenters. The fourth-order valence-corrected chi connectivity index (χ4v) is 1.42. The lowest BCUT2D eigenvalue weighted by Gasteiger charge is -2.01. The van der Waals surface area contributed by atoms with Crippen LogP contribution in [-0.2, 0) is 0 Å². The van der Waals surface area contributed by atoms with Crippen LogP contribution in [0.4, 0.5) is 5.82 Å². The van der Waals surface area contributed by atoms with Gasteiger partial charge in [0.1, 0.15) is 5.82 Å². The molecule has 0 saturated heterocycles. The van der Waals surface area contributed by atoms with Gasteiger partial charge in [0.25, 0.3) is 0 Å². The Morgan fingerprint density at radius 1 is 1.27 bits per heavy atom. The number of hydrogen-bond donors (Lipinski definition) is 1. The van der Waals surface area contributed by atoms with Gasteiger partial charge in [-0.25, -0.2) is 9.97 Å². The maximum atomic E-state index is 5.84. The lowest BCUT2D eigenvalue weighted by atomic mass is 10.2. The SMILES string of the molecule is CC/C=C/c1nc(N)c2ccccc2n1. The molecule has 2 aromatic rings. The van der Waals surface area contributed by atoms with E-state index in [1.54, 1.807) is 0 Å². The van der Waals surface area contributed by atoms with Gasteiger partial charge in [0.05, 0.1) is 5.52 Å². The van der Waals surface area contributed by atoms with Crippen LogP contribution in [0.3, 0.4) is 0 Å². The van der Waals surface area contributed by atoms with Crippen molar-refractivity contribution in [3.05, 3.63) is 36.2 Å². The van der Waals surface area contributed by atoms with Gasteiger partial charge in [0, 0.05) is 5.39 Å². The van der Waals surface area contributed by atoms with E-state index in [9.17, 15) is 0 Å². The first-order valence-corrected chi connectivity index (χ1v) is 5.00. The molecular weight excluding hydrogens is 186 g/mol. The van der Waals surface area contributed by atoms with E-state index in [0.29, 0.717) is 11.6 Å². The molecule has 0 bridgehead atoms. The molecule has 0 radical (unpaired) electrons. The molecule has 0 aliphatic carbocycles. The van der Waals surface area contributed by atoms with E-state index in [-0.39, 0.29) is 0 Å². The Balaban J connectivity index is 2.57. The number of para-hydroxylation sites is 1. The van der Waals surface area contributed by atoms with Crippen LogP contribution in [0.1, 0.15) is 19.2 Å². The van der Waals surface area contributed by atoms with Gasteiger partial charge in [0.15, 0.2) is 5.82 Å². The predicted octanol–water partition coefficient (Wildman–Crippen LogP) is 2.64. The first-order chi connectivity index (χ1) is 7.31. The third kappa shape index (κ3) is 1.96. The first-order valence-electron chi connectivity index (χ1n) is 5.00. The van der Waals surface area contributed by atoms with Crippen LogP contribution in [0.5, 0.6) is 0 Å². The van der Waals surface area contributed by atoms with E-state index in [4.69, 9.17) is 5.73 Å². The number of fused-ring (bicyclic) bond motifs is 1. The number of benzene rings is 1. The Morgan fingerprint density at radius 3 is 2.87 bits per heavy atom. The summed E-state index contributed by atoms with van der Waals surface area (Å²) in [6, 6.07) is 7.75. The topological polar surface area (TPSA) is 51.8 Å². The van der Waals surface area contributed by atoms with Crippen LogP contribution >= 0.6 is 0 Å². The molecule has 0 unspecified atom stereocenters. The van der Waals surface area contributed by atoms with E-state index in [0.717, 1.165) is 17.3 Å². The molecule has 0 saturated carbocycles. The molecule has 2 rings (SSSR count). The van der Waals surface area contributed by atoms with Gasteiger partial charge in [-0.2, -0.15) is 0 Å². The molecule has 2 N–H and O–H groups in total. The van der Waals surface area contributed by atoms with E-state index in [2.05, 4.69) is 16.9 Å². The molecular formula is C12H13N3. The molecule has 0 amide bonds. The number of anilines is 1. The first kappa shape index (κ1) is 9.65. The van der Waals surface area contributed by atoms with Crippen LogP contribution in [0.25, 0.3) is 17.0 Å². The van der Waals surface area contributed by atoms with Gasteiger partial charge < -0.3 is 5.73 Å². The zero-order chi connectivity index (χ0) is 10.7. The summed E-state index contributed by atoms with van der Waals surface area (Å²) in [6.07, 6.45) is 4.88. The van der Waals surface area contributed by atoms with Crippen molar-refractivity contribution in [3.63, 3.8) is 0 Å². The Morgan fingerprint density at radius 2 is 2.07 bits per heavy atom. The van der Waals surface area contributed by atoms with Crippen molar-refractivity contribution < 1.29 is 0 Å². The smallest absolute Gasteiger partial charge is 0.154 e. The molecule has 1 heterocycles.